The Morgan fingerprint density at radius 2 is 2.26 bits per heavy atom. The summed E-state index contributed by atoms with van der Waals surface area (Å²) in [6.07, 6.45) is 0.0963. The number of benzene rings is 1. The van der Waals surface area contributed by atoms with Gasteiger partial charge in [-0.3, -0.25) is 19.7 Å². The molecule has 0 saturated carbocycles. The molecule has 0 fully saturated rings. The van der Waals surface area contributed by atoms with Crippen molar-refractivity contribution >= 4 is 28.9 Å². The number of anilines is 2. The third kappa shape index (κ3) is 2.46. The quantitative estimate of drug-likeness (QED) is 0.609. The minimum atomic E-state index is -1.10. The van der Waals surface area contributed by atoms with Crippen LogP contribution in [-0.4, -0.2) is 35.5 Å². The fourth-order valence-corrected chi connectivity index (χ4v) is 1.99. The number of likely N-dealkylation sites (N-methyl/N-ethyl adjacent to an activating group) is 1. The van der Waals surface area contributed by atoms with Crippen LogP contribution in [0, 0.1) is 10.1 Å². The molecule has 0 aliphatic carbocycles. The van der Waals surface area contributed by atoms with Crippen molar-refractivity contribution in [2.45, 2.75) is 6.42 Å². The number of amides is 1. The van der Waals surface area contributed by atoms with Crippen LogP contribution in [0.2, 0.25) is 0 Å². The number of carbonyl (C=O) groups is 2. The van der Waals surface area contributed by atoms with Gasteiger partial charge in [-0.25, -0.2) is 0 Å². The van der Waals surface area contributed by atoms with Crippen molar-refractivity contribution < 1.29 is 19.6 Å². The Kier molecular flexibility index (Phi) is 3.07. The minimum absolute atomic E-state index is 0.0963. The lowest BCUT2D eigenvalue weighted by Crippen LogP contribution is -2.25. The molecule has 0 unspecified atom stereocenters. The van der Waals surface area contributed by atoms with Crippen LogP contribution in [0.25, 0.3) is 0 Å². The van der Waals surface area contributed by atoms with Crippen molar-refractivity contribution in [3.05, 3.63) is 27.8 Å². The molecule has 0 spiro atoms. The van der Waals surface area contributed by atoms with Gasteiger partial charge in [0.25, 0.3) is 5.69 Å². The van der Waals surface area contributed by atoms with E-state index in [-0.39, 0.29) is 30.2 Å². The number of rotatable bonds is 4. The molecule has 0 radical (unpaired) electrons. The van der Waals surface area contributed by atoms with Crippen LogP contribution in [0.5, 0.6) is 0 Å². The first-order chi connectivity index (χ1) is 8.88. The lowest BCUT2D eigenvalue weighted by atomic mass is 10.1. The summed E-state index contributed by atoms with van der Waals surface area (Å²) in [5, 5.41) is 22.3. The number of fused-ring (bicyclic) bond motifs is 1. The molecule has 0 atom stereocenters. The maximum Gasteiger partial charge on any atom is 0.323 e. The number of nitro groups is 1. The molecule has 100 valence electrons. The van der Waals surface area contributed by atoms with Gasteiger partial charge in [-0.2, -0.15) is 0 Å². The molecule has 19 heavy (non-hydrogen) atoms. The number of nitrogens with one attached hydrogen (secondary N) is 1. The van der Waals surface area contributed by atoms with Crippen LogP contribution < -0.4 is 10.2 Å². The zero-order valence-electron chi connectivity index (χ0n) is 10.0. The van der Waals surface area contributed by atoms with E-state index in [1.165, 1.54) is 24.1 Å². The SMILES string of the molecule is CN(CC(=O)O)c1cc2c(cc1[N+](=O)[O-])CC(=O)N2. The molecule has 1 heterocycles. The molecule has 0 bridgehead atoms. The highest BCUT2D eigenvalue weighted by molar-refractivity contribution is 6.00. The van der Waals surface area contributed by atoms with Gasteiger partial charge in [0, 0.05) is 18.8 Å². The van der Waals surface area contributed by atoms with Crippen LogP contribution in [0.3, 0.4) is 0 Å². The predicted octanol–water partition coefficient (Wildman–Crippen LogP) is 0.610. The van der Waals surface area contributed by atoms with E-state index in [2.05, 4.69) is 5.32 Å². The van der Waals surface area contributed by atoms with Crippen LogP contribution in [0.1, 0.15) is 5.56 Å². The van der Waals surface area contributed by atoms with E-state index < -0.39 is 10.9 Å². The highest BCUT2D eigenvalue weighted by atomic mass is 16.6. The Labute approximate surface area is 107 Å². The second-order valence-corrected chi connectivity index (χ2v) is 4.23. The molecule has 1 aliphatic rings. The summed E-state index contributed by atoms with van der Waals surface area (Å²) < 4.78 is 0. The molecule has 1 aromatic carbocycles. The van der Waals surface area contributed by atoms with Gasteiger partial charge in [0.1, 0.15) is 12.2 Å². The van der Waals surface area contributed by atoms with Crippen molar-refractivity contribution in [2.75, 3.05) is 23.8 Å². The Morgan fingerprint density at radius 1 is 1.58 bits per heavy atom. The van der Waals surface area contributed by atoms with Crippen molar-refractivity contribution in [3.8, 4) is 0 Å². The van der Waals surface area contributed by atoms with Gasteiger partial charge < -0.3 is 15.3 Å². The van der Waals surface area contributed by atoms with Gasteiger partial charge in [-0.15, -0.1) is 0 Å². The molecule has 8 nitrogen and oxygen atoms in total. The summed E-state index contributed by atoms with van der Waals surface area (Å²) in [5.74, 6) is -1.33. The highest BCUT2D eigenvalue weighted by Gasteiger charge is 2.26. The predicted molar refractivity (Wildman–Crippen MR) is 66.3 cm³/mol. The molecule has 1 aliphatic heterocycles. The van der Waals surface area contributed by atoms with Crippen molar-refractivity contribution in [1.82, 2.24) is 0 Å². The first-order valence-corrected chi connectivity index (χ1v) is 5.42. The topological polar surface area (TPSA) is 113 Å². The average Bonchev–Trinajstić information content (AvgIpc) is 2.65. The van der Waals surface area contributed by atoms with E-state index in [9.17, 15) is 19.7 Å². The van der Waals surface area contributed by atoms with Gasteiger partial charge in [-0.1, -0.05) is 0 Å². The number of carboxylic acid groups (broad SMARTS) is 1. The zero-order chi connectivity index (χ0) is 14.2. The second kappa shape index (κ2) is 4.56. The highest BCUT2D eigenvalue weighted by Crippen LogP contribution is 2.36. The largest absolute Gasteiger partial charge is 0.480 e. The van der Waals surface area contributed by atoms with E-state index in [1.54, 1.807) is 0 Å². The van der Waals surface area contributed by atoms with Crippen molar-refractivity contribution in [2.24, 2.45) is 0 Å². The summed E-state index contributed by atoms with van der Waals surface area (Å²) in [5.41, 5.74) is 0.986. The number of carbonyl (C=O) groups excluding carboxylic acids is 1. The summed E-state index contributed by atoms with van der Waals surface area (Å²) in [6.45, 7) is -0.367. The van der Waals surface area contributed by atoms with Gasteiger partial charge >= 0.3 is 5.97 Å². The van der Waals surface area contributed by atoms with E-state index in [0.29, 0.717) is 11.3 Å². The molecule has 1 amide bonds. The average molecular weight is 265 g/mol. The minimum Gasteiger partial charge on any atom is -0.480 e. The number of hydrogen-bond donors (Lipinski definition) is 2. The van der Waals surface area contributed by atoms with E-state index in [0.717, 1.165) is 0 Å². The number of hydrogen-bond acceptors (Lipinski definition) is 5. The monoisotopic (exact) mass is 265 g/mol. The second-order valence-electron chi connectivity index (χ2n) is 4.23. The Hall–Kier alpha value is -2.64. The van der Waals surface area contributed by atoms with Crippen LogP contribution in [0.15, 0.2) is 12.1 Å². The number of aliphatic carboxylic acids is 1. The van der Waals surface area contributed by atoms with Gasteiger partial charge in [0.2, 0.25) is 5.91 Å². The van der Waals surface area contributed by atoms with Gasteiger partial charge in [0.15, 0.2) is 0 Å². The molecule has 0 saturated heterocycles. The summed E-state index contributed by atoms with van der Waals surface area (Å²) in [4.78, 5) is 33.6. The first-order valence-electron chi connectivity index (χ1n) is 5.42. The molecular weight excluding hydrogens is 254 g/mol. The molecule has 1 aromatic rings. The lowest BCUT2D eigenvalue weighted by Gasteiger charge is -2.17. The van der Waals surface area contributed by atoms with Crippen LogP contribution >= 0.6 is 0 Å². The smallest absolute Gasteiger partial charge is 0.323 e. The zero-order valence-corrected chi connectivity index (χ0v) is 10.0. The van der Waals surface area contributed by atoms with Crippen molar-refractivity contribution in [3.63, 3.8) is 0 Å². The molecule has 8 heteroatoms. The number of carboxylic acids is 1. The molecular formula is C11H11N3O5. The lowest BCUT2D eigenvalue weighted by molar-refractivity contribution is -0.384. The van der Waals surface area contributed by atoms with E-state index >= 15 is 0 Å². The number of nitro benzene ring substituents is 1. The normalized spacial score (nSPS) is 12.8. The summed E-state index contributed by atoms with van der Waals surface area (Å²) >= 11 is 0. The maximum absolute atomic E-state index is 11.3. The van der Waals surface area contributed by atoms with Gasteiger partial charge in [0.05, 0.1) is 11.3 Å². The van der Waals surface area contributed by atoms with E-state index in [1.807, 2.05) is 0 Å². The van der Waals surface area contributed by atoms with Crippen LogP contribution in [-0.2, 0) is 16.0 Å². The Balaban J connectivity index is 2.47. The van der Waals surface area contributed by atoms with E-state index in [4.69, 9.17) is 5.11 Å². The fraction of sp³-hybridized carbons (Fsp3) is 0.273. The third-order valence-electron chi connectivity index (χ3n) is 2.81. The number of nitrogens with zero attached hydrogens (tertiary/aromatic N) is 2. The maximum atomic E-state index is 11.3. The summed E-state index contributed by atoms with van der Waals surface area (Å²) in [7, 11) is 1.44. The molecule has 2 rings (SSSR count). The van der Waals surface area contributed by atoms with Gasteiger partial charge in [-0.05, 0) is 11.6 Å². The summed E-state index contributed by atoms with van der Waals surface area (Å²) in [6, 6.07) is 2.74. The third-order valence-corrected chi connectivity index (χ3v) is 2.81. The molecule has 0 aromatic heterocycles. The molecule has 2 N–H and O–H groups in total. The first kappa shape index (κ1) is 12.8. The standard InChI is InChI=1S/C11H11N3O5/c1-13(5-11(16)17)8-4-7-6(3-10(15)12-7)2-9(8)14(18)19/h2,4H,3,5H2,1H3,(H,12,15)(H,16,17). The fourth-order valence-electron chi connectivity index (χ4n) is 1.99. The Bertz CT molecular complexity index is 584. The Morgan fingerprint density at radius 3 is 2.84 bits per heavy atom. The van der Waals surface area contributed by atoms with Crippen molar-refractivity contribution in [1.29, 1.82) is 0 Å². The van der Waals surface area contributed by atoms with Crippen LogP contribution in [0.4, 0.5) is 17.1 Å².